The lowest BCUT2D eigenvalue weighted by atomic mass is 9.89. The van der Waals surface area contributed by atoms with Crippen molar-refractivity contribution < 1.29 is 29.4 Å². The van der Waals surface area contributed by atoms with Crippen molar-refractivity contribution in [3.8, 4) is 0 Å². The van der Waals surface area contributed by atoms with Crippen LogP contribution in [0.15, 0.2) is 35.9 Å². The number of piperidine rings is 1. The molecule has 0 saturated carbocycles. The van der Waals surface area contributed by atoms with Crippen LogP contribution in [-0.4, -0.2) is 64.7 Å². The van der Waals surface area contributed by atoms with Crippen molar-refractivity contribution in [1.82, 2.24) is 16.0 Å². The van der Waals surface area contributed by atoms with Gasteiger partial charge >= 0.3 is 6.03 Å². The van der Waals surface area contributed by atoms with E-state index in [1.807, 2.05) is 0 Å². The molecule has 0 radical (unpaired) electrons. The zero-order valence-corrected chi connectivity index (χ0v) is 17.1. The molecule has 1 aromatic carbocycles. The second-order valence-corrected chi connectivity index (χ2v) is 7.67. The average molecular weight is 430 g/mol. The van der Waals surface area contributed by atoms with Gasteiger partial charge in [-0.1, -0.05) is 18.2 Å². The Balaban J connectivity index is 1.66. The molecule has 1 aliphatic heterocycles. The number of benzene rings is 1. The molecule has 1 aromatic rings. The van der Waals surface area contributed by atoms with E-state index in [4.69, 9.17) is 0 Å². The lowest BCUT2D eigenvalue weighted by molar-refractivity contribution is -0.129. The minimum atomic E-state index is -1.32. The summed E-state index contributed by atoms with van der Waals surface area (Å²) in [5.41, 5.74) is 0.970. The van der Waals surface area contributed by atoms with Gasteiger partial charge in [-0.05, 0) is 31.9 Å². The quantitative estimate of drug-likeness (QED) is 0.356. The minimum Gasteiger partial charge on any atom is -0.390 e. The number of hydrogen-bond donors (Lipinski definition) is 6. The molecule has 1 fully saturated rings. The Morgan fingerprint density at radius 3 is 2.65 bits per heavy atom. The van der Waals surface area contributed by atoms with Gasteiger partial charge in [-0.25, -0.2) is 4.79 Å². The molecule has 2 aliphatic rings. The molecule has 4 amide bonds. The summed E-state index contributed by atoms with van der Waals surface area (Å²) in [6, 6.07) is 3.99. The first kappa shape index (κ1) is 22.4. The summed E-state index contributed by atoms with van der Waals surface area (Å²) >= 11 is 0. The SMILES string of the molecule is CC(=O)c1cccc(NC(=O)N[C@@H]2C=C(C(=O)N[C@H]3CCCNC3=O)C[C@@H](O)[C@@H]2O)c1. The number of carbonyl (C=O) groups is 4. The summed E-state index contributed by atoms with van der Waals surface area (Å²) in [4.78, 5) is 48.3. The zero-order valence-electron chi connectivity index (χ0n) is 17.1. The van der Waals surface area contributed by atoms with Crippen LogP contribution in [0.25, 0.3) is 0 Å². The van der Waals surface area contributed by atoms with Gasteiger partial charge in [0.1, 0.15) is 12.1 Å². The molecule has 4 atom stereocenters. The van der Waals surface area contributed by atoms with Crippen molar-refractivity contribution in [3.63, 3.8) is 0 Å². The fraction of sp³-hybridized carbons (Fsp3) is 0.429. The van der Waals surface area contributed by atoms with Crippen molar-refractivity contribution in [2.45, 2.75) is 50.5 Å². The number of urea groups is 1. The number of rotatable bonds is 5. The molecule has 31 heavy (non-hydrogen) atoms. The Hall–Kier alpha value is -3.24. The van der Waals surface area contributed by atoms with E-state index in [1.54, 1.807) is 18.2 Å². The van der Waals surface area contributed by atoms with Crippen molar-refractivity contribution in [2.75, 3.05) is 11.9 Å². The number of hydrogen-bond acceptors (Lipinski definition) is 6. The van der Waals surface area contributed by atoms with Crippen LogP contribution in [-0.2, 0) is 9.59 Å². The summed E-state index contributed by atoms with van der Waals surface area (Å²) < 4.78 is 0. The molecule has 0 unspecified atom stereocenters. The minimum absolute atomic E-state index is 0.109. The number of anilines is 1. The topological polar surface area (TPSA) is 157 Å². The van der Waals surface area contributed by atoms with Crippen LogP contribution in [0.2, 0.25) is 0 Å². The predicted octanol–water partition coefficient (Wildman–Crippen LogP) is -0.174. The number of Topliss-reactive ketones (excluding diaryl/α,β-unsaturated/α-hetero) is 1. The first-order valence-electron chi connectivity index (χ1n) is 10.1. The van der Waals surface area contributed by atoms with E-state index in [-0.39, 0.29) is 23.7 Å². The Bertz CT molecular complexity index is 915. The van der Waals surface area contributed by atoms with Gasteiger partial charge in [0.05, 0.1) is 12.1 Å². The van der Waals surface area contributed by atoms with Crippen LogP contribution in [0.1, 0.15) is 36.5 Å². The standard InChI is InChI=1S/C21H26N4O6/c1-11(26)12-4-2-5-14(8-12)23-21(31)25-16-9-13(10-17(27)18(16)28)19(29)24-15-6-3-7-22-20(15)30/h2,4-5,8-9,15-18,27-28H,3,6-7,10H2,1H3,(H,22,30)(H,24,29)(H2,23,25,31)/t15-,16+,17+,18+/m0/s1. The Labute approximate surface area is 179 Å². The van der Waals surface area contributed by atoms with E-state index in [2.05, 4.69) is 21.3 Å². The summed E-state index contributed by atoms with van der Waals surface area (Å²) in [5, 5.41) is 30.8. The smallest absolute Gasteiger partial charge is 0.319 e. The first-order valence-corrected chi connectivity index (χ1v) is 10.1. The van der Waals surface area contributed by atoms with Crippen LogP contribution in [0.5, 0.6) is 0 Å². The van der Waals surface area contributed by atoms with Crippen molar-refractivity contribution >= 4 is 29.3 Å². The third kappa shape index (κ3) is 5.68. The Morgan fingerprint density at radius 1 is 1.16 bits per heavy atom. The van der Waals surface area contributed by atoms with Gasteiger partial charge in [-0.15, -0.1) is 0 Å². The van der Waals surface area contributed by atoms with Gasteiger partial charge in [0.15, 0.2) is 5.78 Å². The van der Waals surface area contributed by atoms with Crippen molar-refractivity contribution in [1.29, 1.82) is 0 Å². The molecular formula is C21H26N4O6. The molecule has 0 spiro atoms. The van der Waals surface area contributed by atoms with Crippen molar-refractivity contribution in [2.24, 2.45) is 0 Å². The second kappa shape index (κ2) is 9.71. The highest BCUT2D eigenvalue weighted by Crippen LogP contribution is 2.21. The maximum atomic E-state index is 12.6. The highest BCUT2D eigenvalue weighted by molar-refractivity contribution is 5.98. The second-order valence-electron chi connectivity index (χ2n) is 7.67. The predicted molar refractivity (Wildman–Crippen MR) is 111 cm³/mol. The maximum Gasteiger partial charge on any atom is 0.319 e. The Kier molecular flexibility index (Phi) is 7.03. The molecule has 3 rings (SSSR count). The lowest BCUT2D eigenvalue weighted by Crippen LogP contribution is -2.54. The zero-order chi connectivity index (χ0) is 22.5. The van der Waals surface area contributed by atoms with E-state index >= 15 is 0 Å². The van der Waals surface area contributed by atoms with E-state index in [0.29, 0.717) is 24.2 Å². The molecular weight excluding hydrogens is 404 g/mol. The molecule has 0 bridgehead atoms. The van der Waals surface area contributed by atoms with Crippen LogP contribution >= 0.6 is 0 Å². The number of nitrogens with one attached hydrogen (secondary N) is 4. The normalized spacial score (nSPS) is 25.6. The molecule has 10 heteroatoms. The van der Waals surface area contributed by atoms with Gasteiger partial charge in [-0.3, -0.25) is 14.4 Å². The average Bonchev–Trinajstić information content (AvgIpc) is 2.73. The van der Waals surface area contributed by atoms with E-state index in [1.165, 1.54) is 19.1 Å². The molecule has 1 saturated heterocycles. The number of carbonyl (C=O) groups excluding carboxylic acids is 4. The van der Waals surface area contributed by atoms with E-state index in [0.717, 1.165) is 6.42 Å². The largest absolute Gasteiger partial charge is 0.390 e. The number of amides is 4. The monoisotopic (exact) mass is 430 g/mol. The van der Waals surface area contributed by atoms with E-state index < -0.39 is 36.2 Å². The number of aliphatic hydroxyl groups is 2. The van der Waals surface area contributed by atoms with Crippen LogP contribution < -0.4 is 21.3 Å². The fourth-order valence-electron chi connectivity index (χ4n) is 3.56. The Morgan fingerprint density at radius 2 is 1.94 bits per heavy atom. The van der Waals surface area contributed by atoms with Gasteiger partial charge < -0.3 is 31.5 Å². The van der Waals surface area contributed by atoms with Gasteiger partial charge in [0, 0.05) is 29.8 Å². The van der Waals surface area contributed by atoms with Crippen molar-refractivity contribution in [3.05, 3.63) is 41.5 Å². The summed E-state index contributed by atoms with van der Waals surface area (Å²) in [6.45, 7) is 1.97. The molecule has 6 N–H and O–H groups in total. The van der Waals surface area contributed by atoms with Crippen LogP contribution in [0.3, 0.4) is 0 Å². The van der Waals surface area contributed by atoms with Gasteiger partial charge in [0.2, 0.25) is 11.8 Å². The fourth-order valence-corrected chi connectivity index (χ4v) is 3.56. The van der Waals surface area contributed by atoms with Crippen LogP contribution in [0.4, 0.5) is 10.5 Å². The third-order valence-corrected chi connectivity index (χ3v) is 5.28. The summed E-state index contributed by atoms with van der Waals surface area (Å²) in [6.07, 6.45) is -0.0620. The highest BCUT2D eigenvalue weighted by atomic mass is 16.3. The maximum absolute atomic E-state index is 12.6. The number of aliphatic hydroxyl groups excluding tert-OH is 2. The van der Waals surface area contributed by atoms with E-state index in [9.17, 15) is 29.4 Å². The molecule has 166 valence electrons. The first-order chi connectivity index (χ1) is 14.7. The molecule has 10 nitrogen and oxygen atoms in total. The summed E-state index contributed by atoms with van der Waals surface area (Å²) in [5.74, 6) is -0.951. The highest BCUT2D eigenvalue weighted by Gasteiger charge is 2.35. The summed E-state index contributed by atoms with van der Waals surface area (Å²) in [7, 11) is 0. The molecule has 1 aliphatic carbocycles. The van der Waals surface area contributed by atoms with Gasteiger partial charge in [-0.2, -0.15) is 0 Å². The van der Waals surface area contributed by atoms with Gasteiger partial charge in [0.25, 0.3) is 0 Å². The lowest BCUT2D eigenvalue weighted by Gasteiger charge is -2.31. The third-order valence-electron chi connectivity index (χ3n) is 5.28. The molecule has 1 heterocycles. The van der Waals surface area contributed by atoms with Crippen LogP contribution in [0, 0.1) is 0 Å². The number of ketones is 1. The molecule has 0 aromatic heterocycles.